The maximum absolute atomic E-state index is 14.2. The number of rotatable bonds is 6. The summed E-state index contributed by atoms with van der Waals surface area (Å²) in [7, 11) is 0. The van der Waals surface area contributed by atoms with Gasteiger partial charge < -0.3 is 10.2 Å². The highest BCUT2D eigenvalue weighted by Gasteiger charge is 2.36. The molecule has 2 aromatic carbocycles. The highest BCUT2D eigenvalue weighted by molar-refractivity contribution is 5.95. The highest BCUT2D eigenvalue weighted by atomic mass is 19.1. The molecule has 1 aromatic heterocycles. The Kier molecular flexibility index (Phi) is 6.06. The van der Waals surface area contributed by atoms with E-state index in [0.717, 1.165) is 11.1 Å². The van der Waals surface area contributed by atoms with Gasteiger partial charge in [-0.3, -0.25) is 9.59 Å². The minimum absolute atomic E-state index is 0.0521. The number of benzene rings is 2. The van der Waals surface area contributed by atoms with E-state index in [0.29, 0.717) is 12.1 Å². The molecule has 0 saturated carbocycles. The Morgan fingerprint density at radius 1 is 1.16 bits per heavy atom. The largest absolute Gasteiger partial charge is 0.347 e. The van der Waals surface area contributed by atoms with Crippen molar-refractivity contribution in [3.05, 3.63) is 83.2 Å². The van der Waals surface area contributed by atoms with Crippen LogP contribution in [0.4, 0.5) is 4.39 Å². The second kappa shape index (κ2) is 9.07. The number of carbonyl (C=O) groups excluding carboxylic acids is 2. The summed E-state index contributed by atoms with van der Waals surface area (Å²) in [6.07, 6.45) is 0.671. The molecule has 2 unspecified atom stereocenters. The molecule has 0 aliphatic carbocycles. The van der Waals surface area contributed by atoms with Crippen LogP contribution in [0.1, 0.15) is 38.4 Å². The summed E-state index contributed by atoms with van der Waals surface area (Å²) in [5.41, 5.74) is 2.68. The van der Waals surface area contributed by atoms with E-state index in [4.69, 9.17) is 0 Å². The third-order valence-electron chi connectivity index (χ3n) is 5.35. The van der Waals surface area contributed by atoms with Crippen LogP contribution in [0.5, 0.6) is 0 Å². The molecule has 160 valence electrons. The molecule has 0 radical (unpaired) electrons. The van der Waals surface area contributed by atoms with Gasteiger partial charge in [0, 0.05) is 18.5 Å². The summed E-state index contributed by atoms with van der Waals surface area (Å²) < 4.78 is 15.7. The Balaban J connectivity index is 1.40. The number of amides is 2. The monoisotopic (exact) mass is 421 g/mol. The van der Waals surface area contributed by atoms with E-state index in [-0.39, 0.29) is 43.1 Å². The second-order valence-electron chi connectivity index (χ2n) is 7.81. The highest BCUT2D eigenvalue weighted by Crippen LogP contribution is 2.24. The molecule has 0 spiro atoms. The molecule has 3 aromatic rings. The number of nitrogens with one attached hydrogen (secondary N) is 1. The first-order chi connectivity index (χ1) is 15.0. The van der Waals surface area contributed by atoms with Crippen molar-refractivity contribution in [3.8, 4) is 0 Å². The van der Waals surface area contributed by atoms with Crippen LogP contribution in [-0.2, 0) is 13.1 Å². The molecule has 8 heteroatoms. The van der Waals surface area contributed by atoms with Gasteiger partial charge in [0.2, 0.25) is 0 Å². The van der Waals surface area contributed by atoms with Gasteiger partial charge >= 0.3 is 0 Å². The zero-order valence-corrected chi connectivity index (χ0v) is 17.2. The van der Waals surface area contributed by atoms with E-state index in [1.54, 1.807) is 17.0 Å². The van der Waals surface area contributed by atoms with Gasteiger partial charge in [-0.25, -0.2) is 9.07 Å². The van der Waals surface area contributed by atoms with Crippen molar-refractivity contribution >= 4 is 11.8 Å². The summed E-state index contributed by atoms with van der Waals surface area (Å²) in [5, 5.41) is 10.7. The predicted octanol–water partition coefficient (Wildman–Crippen LogP) is 2.77. The Morgan fingerprint density at radius 3 is 2.74 bits per heavy atom. The molecule has 2 heterocycles. The molecule has 31 heavy (non-hydrogen) atoms. The molecule has 0 bridgehead atoms. The molecule has 1 N–H and O–H groups in total. The second-order valence-corrected chi connectivity index (χ2v) is 7.81. The molecular formula is C23H24FN5O2. The zero-order valence-electron chi connectivity index (χ0n) is 17.2. The van der Waals surface area contributed by atoms with Crippen molar-refractivity contribution < 1.29 is 14.0 Å². The number of halogens is 1. The minimum Gasteiger partial charge on any atom is -0.347 e. The number of likely N-dealkylation sites (tertiary alicyclic amines) is 1. The van der Waals surface area contributed by atoms with Crippen LogP contribution in [0.25, 0.3) is 0 Å². The number of carbonyl (C=O) groups is 2. The van der Waals surface area contributed by atoms with E-state index < -0.39 is 6.17 Å². The van der Waals surface area contributed by atoms with Crippen molar-refractivity contribution in [1.29, 1.82) is 0 Å². The van der Waals surface area contributed by atoms with E-state index in [9.17, 15) is 14.0 Å². The van der Waals surface area contributed by atoms with Crippen molar-refractivity contribution in [2.24, 2.45) is 0 Å². The fourth-order valence-electron chi connectivity index (χ4n) is 3.80. The average molecular weight is 421 g/mol. The maximum atomic E-state index is 14.2. The summed E-state index contributed by atoms with van der Waals surface area (Å²) in [6.45, 7) is 2.63. The molecule has 2 atom stereocenters. The molecule has 7 nitrogen and oxygen atoms in total. The van der Waals surface area contributed by atoms with Crippen molar-refractivity contribution in [3.63, 3.8) is 0 Å². The fourth-order valence-corrected chi connectivity index (χ4v) is 3.80. The summed E-state index contributed by atoms with van der Waals surface area (Å²) >= 11 is 0. The Labute approximate surface area is 179 Å². The van der Waals surface area contributed by atoms with Crippen LogP contribution in [0.3, 0.4) is 0 Å². The first kappa shape index (κ1) is 20.7. The fraction of sp³-hybridized carbons (Fsp3) is 0.304. The first-order valence-corrected chi connectivity index (χ1v) is 10.2. The van der Waals surface area contributed by atoms with Crippen LogP contribution in [0, 0.1) is 6.92 Å². The van der Waals surface area contributed by atoms with Crippen LogP contribution in [0.15, 0.2) is 60.8 Å². The van der Waals surface area contributed by atoms with Gasteiger partial charge in [0.05, 0.1) is 25.3 Å². The molecule has 2 amide bonds. The lowest BCUT2D eigenvalue weighted by molar-refractivity contribution is 0.0714. The van der Waals surface area contributed by atoms with Gasteiger partial charge in [-0.15, -0.1) is 5.10 Å². The Bertz CT molecular complexity index is 1070. The van der Waals surface area contributed by atoms with E-state index >= 15 is 0 Å². The summed E-state index contributed by atoms with van der Waals surface area (Å²) in [5.74, 6) is -0.535. The van der Waals surface area contributed by atoms with Crippen LogP contribution in [0.2, 0.25) is 0 Å². The van der Waals surface area contributed by atoms with Crippen molar-refractivity contribution in [1.82, 2.24) is 25.2 Å². The SMILES string of the molecule is Cc1cccc(C(=O)N2CC(F)CC2Cn2cc(C(=O)NCc3ccccc3)nn2)c1. The lowest BCUT2D eigenvalue weighted by atomic mass is 10.1. The van der Waals surface area contributed by atoms with Gasteiger partial charge in [-0.1, -0.05) is 53.2 Å². The first-order valence-electron chi connectivity index (χ1n) is 10.2. The van der Waals surface area contributed by atoms with Gasteiger partial charge in [0.15, 0.2) is 5.69 Å². The number of hydrogen-bond donors (Lipinski definition) is 1. The Hall–Kier alpha value is -3.55. The predicted molar refractivity (Wildman–Crippen MR) is 113 cm³/mol. The Morgan fingerprint density at radius 2 is 1.97 bits per heavy atom. The molecule has 4 rings (SSSR count). The standard InChI is InChI=1S/C23H24FN5O2/c1-16-6-5-9-18(10-16)23(31)29-13-19(24)11-20(29)14-28-15-21(26-27-28)22(30)25-12-17-7-3-2-4-8-17/h2-10,15,19-20H,11-14H2,1H3,(H,25,30). The summed E-state index contributed by atoms with van der Waals surface area (Å²) in [4.78, 5) is 26.8. The number of aryl methyl sites for hydroxylation is 1. The van der Waals surface area contributed by atoms with E-state index in [1.807, 2.05) is 49.4 Å². The van der Waals surface area contributed by atoms with Crippen LogP contribution in [-0.4, -0.2) is 50.5 Å². The van der Waals surface area contributed by atoms with Crippen molar-refractivity contribution in [2.45, 2.75) is 38.6 Å². The minimum atomic E-state index is -1.09. The normalized spacial score (nSPS) is 18.2. The average Bonchev–Trinajstić information content (AvgIpc) is 3.39. The number of aromatic nitrogens is 3. The smallest absolute Gasteiger partial charge is 0.273 e. The van der Waals surface area contributed by atoms with Crippen LogP contribution >= 0.6 is 0 Å². The third kappa shape index (κ3) is 4.96. The molecule has 1 aliphatic heterocycles. The quantitative estimate of drug-likeness (QED) is 0.664. The van der Waals surface area contributed by atoms with Gasteiger partial charge in [0.25, 0.3) is 11.8 Å². The lowest BCUT2D eigenvalue weighted by Gasteiger charge is -2.24. The topological polar surface area (TPSA) is 80.1 Å². The third-order valence-corrected chi connectivity index (χ3v) is 5.35. The molecule has 1 saturated heterocycles. The molecule has 1 fully saturated rings. The number of nitrogens with zero attached hydrogens (tertiary/aromatic N) is 4. The van der Waals surface area contributed by atoms with E-state index in [2.05, 4.69) is 15.6 Å². The number of hydrogen-bond acceptors (Lipinski definition) is 4. The maximum Gasteiger partial charge on any atom is 0.273 e. The lowest BCUT2D eigenvalue weighted by Crippen LogP contribution is -2.38. The van der Waals surface area contributed by atoms with E-state index in [1.165, 1.54) is 10.9 Å². The zero-order chi connectivity index (χ0) is 21.8. The summed E-state index contributed by atoms with van der Waals surface area (Å²) in [6, 6.07) is 16.5. The molecular weight excluding hydrogens is 397 g/mol. The molecule has 1 aliphatic rings. The van der Waals surface area contributed by atoms with Crippen LogP contribution < -0.4 is 5.32 Å². The van der Waals surface area contributed by atoms with Gasteiger partial charge in [-0.2, -0.15) is 0 Å². The van der Waals surface area contributed by atoms with Gasteiger partial charge in [0.1, 0.15) is 6.17 Å². The van der Waals surface area contributed by atoms with Gasteiger partial charge in [-0.05, 0) is 24.6 Å². The number of alkyl halides is 1. The van der Waals surface area contributed by atoms with Crippen molar-refractivity contribution in [2.75, 3.05) is 6.54 Å².